The van der Waals surface area contributed by atoms with Gasteiger partial charge >= 0.3 is 6.03 Å². The molecule has 0 unspecified atom stereocenters. The van der Waals surface area contributed by atoms with Crippen molar-refractivity contribution in [1.29, 1.82) is 0 Å². The average molecular weight is 500 g/mol. The summed E-state index contributed by atoms with van der Waals surface area (Å²) in [5.41, 5.74) is 3.12. The molecule has 2 aromatic heterocycles. The van der Waals surface area contributed by atoms with Crippen LogP contribution in [0.2, 0.25) is 0 Å². The summed E-state index contributed by atoms with van der Waals surface area (Å²) >= 11 is 0. The number of phenolic OH excluding ortho intramolecular Hbond substituents is 1. The van der Waals surface area contributed by atoms with Crippen LogP contribution in [0.15, 0.2) is 73.1 Å². The lowest BCUT2D eigenvalue weighted by Gasteiger charge is -2.12. The molecular formula is C28H26FN5O3. The van der Waals surface area contributed by atoms with Gasteiger partial charge in [-0.3, -0.25) is 9.78 Å². The van der Waals surface area contributed by atoms with E-state index in [1.165, 1.54) is 29.1 Å². The highest BCUT2D eigenvalue weighted by Crippen LogP contribution is 2.38. The van der Waals surface area contributed by atoms with E-state index in [9.17, 15) is 19.1 Å². The van der Waals surface area contributed by atoms with E-state index in [-0.39, 0.29) is 29.9 Å². The molecule has 0 bridgehead atoms. The molecule has 8 nitrogen and oxygen atoms in total. The zero-order chi connectivity index (χ0) is 25.8. The second-order valence-electron chi connectivity index (χ2n) is 9.06. The van der Waals surface area contributed by atoms with Crippen LogP contribution in [-0.2, 0) is 6.54 Å². The van der Waals surface area contributed by atoms with E-state index in [0.29, 0.717) is 28.1 Å². The molecule has 188 valence electrons. The van der Waals surface area contributed by atoms with Crippen LogP contribution < -0.4 is 10.6 Å². The Kier molecular flexibility index (Phi) is 6.93. The third kappa shape index (κ3) is 5.50. The smallest absolute Gasteiger partial charge is 0.342 e. The number of amides is 2. The molecule has 0 atom stereocenters. The monoisotopic (exact) mass is 499 g/mol. The number of nitrogens with one attached hydrogen (secondary N) is 2. The summed E-state index contributed by atoms with van der Waals surface area (Å²) in [5.74, 6) is -0.605. The molecule has 4 aromatic rings. The Balaban J connectivity index is 1.38. The summed E-state index contributed by atoms with van der Waals surface area (Å²) in [6, 6.07) is 15.6. The molecule has 1 aliphatic carbocycles. The van der Waals surface area contributed by atoms with Gasteiger partial charge in [-0.15, -0.1) is 0 Å². The van der Waals surface area contributed by atoms with Crippen LogP contribution >= 0.6 is 0 Å². The maximum absolute atomic E-state index is 13.5. The third-order valence-corrected chi connectivity index (χ3v) is 6.49. The third-order valence-electron chi connectivity index (χ3n) is 6.49. The van der Waals surface area contributed by atoms with Crippen molar-refractivity contribution in [3.8, 4) is 17.0 Å². The Hall–Kier alpha value is -4.53. The number of benzene rings is 2. The number of aromatic nitrogens is 3. The number of carbonyl (C=O) groups is 2. The molecule has 2 amide bonds. The second-order valence-corrected chi connectivity index (χ2v) is 9.06. The van der Waals surface area contributed by atoms with Crippen molar-refractivity contribution in [2.75, 3.05) is 5.32 Å². The number of rotatable bonds is 6. The van der Waals surface area contributed by atoms with Gasteiger partial charge in [0.1, 0.15) is 11.6 Å². The first-order valence-corrected chi connectivity index (χ1v) is 12.2. The van der Waals surface area contributed by atoms with Crippen LogP contribution in [0.25, 0.3) is 11.3 Å². The molecule has 0 saturated heterocycles. The SMILES string of the molecule is O=C(Nc1ccc(-c2cc(C3CCCC3)n(C(=O)NCc3cccc(F)c3)n2)c(O)c1)c1cccnc1. The number of hydrogen-bond acceptors (Lipinski definition) is 5. The summed E-state index contributed by atoms with van der Waals surface area (Å²) in [4.78, 5) is 29.5. The van der Waals surface area contributed by atoms with E-state index in [0.717, 1.165) is 31.4 Å². The van der Waals surface area contributed by atoms with Gasteiger partial charge in [0.25, 0.3) is 5.91 Å². The minimum absolute atomic E-state index is 0.0771. The number of halogens is 1. The van der Waals surface area contributed by atoms with Crippen LogP contribution in [-0.4, -0.2) is 31.8 Å². The van der Waals surface area contributed by atoms with Gasteiger partial charge in [0.05, 0.1) is 17.0 Å². The van der Waals surface area contributed by atoms with E-state index >= 15 is 0 Å². The van der Waals surface area contributed by atoms with Crippen molar-refractivity contribution >= 4 is 17.6 Å². The fourth-order valence-electron chi connectivity index (χ4n) is 4.63. The first-order chi connectivity index (χ1) is 18.0. The Morgan fingerprint density at radius 2 is 1.89 bits per heavy atom. The van der Waals surface area contributed by atoms with Crippen molar-refractivity contribution in [3.63, 3.8) is 0 Å². The quantitative estimate of drug-likeness (QED) is 0.327. The molecule has 2 aromatic carbocycles. The lowest BCUT2D eigenvalue weighted by molar-refractivity contribution is 0.102. The van der Waals surface area contributed by atoms with E-state index in [1.54, 1.807) is 42.6 Å². The lowest BCUT2D eigenvalue weighted by atomic mass is 10.0. The standard InChI is InChI=1S/C28H26FN5O3/c29-21-9-3-5-18(13-21)16-31-28(37)34-25(19-6-1-2-7-19)15-24(33-34)23-11-10-22(14-26(23)35)32-27(36)20-8-4-12-30-17-20/h3-5,8-15,17,19,35H,1-2,6-7,16H2,(H,31,37)(H,32,36). The number of nitrogens with zero attached hydrogens (tertiary/aromatic N) is 3. The summed E-state index contributed by atoms with van der Waals surface area (Å²) in [6.07, 6.45) is 7.10. The van der Waals surface area contributed by atoms with Crippen LogP contribution in [0.1, 0.15) is 53.2 Å². The van der Waals surface area contributed by atoms with Crippen LogP contribution in [0.4, 0.5) is 14.9 Å². The average Bonchev–Trinajstić information content (AvgIpc) is 3.58. The lowest BCUT2D eigenvalue weighted by Crippen LogP contribution is -2.30. The number of carbonyl (C=O) groups excluding carboxylic acids is 2. The molecule has 0 spiro atoms. The molecule has 3 N–H and O–H groups in total. The summed E-state index contributed by atoms with van der Waals surface area (Å²) in [5, 5.41) is 20.8. The minimum Gasteiger partial charge on any atom is -0.507 e. The predicted molar refractivity (Wildman–Crippen MR) is 137 cm³/mol. The van der Waals surface area contributed by atoms with Gasteiger partial charge in [-0.2, -0.15) is 9.78 Å². The van der Waals surface area contributed by atoms with Gasteiger partial charge in [0.15, 0.2) is 0 Å². The largest absolute Gasteiger partial charge is 0.507 e. The zero-order valence-electron chi connectivity index (χ0n) is 20.0. The molecule has 1 aliphatic rings. The van der Waals surface area contributed by atoms with Gasteiger partial charge in [-0.05, 0) is 60.9 Å². The van der Waals surface area contributed by atoms with E-state index in [4.69, 9.17) is 0 Å². The molecule has 1 saturated carbocycles. The fraction of sp³-hybridized carbons (Fsp3) is 0.214. The zero-order valence-corrected chi connectivity index (χ0v) is 20.0. The first-order valence-electron chi connectivity index (χ1n) is 12.2. The predicted octanol–water partition coefficient (Wildman–Crippen LogP) is 5.46. The highest BCUT2D eigenvalue weighted by Gasteiger charge is 2.26. The van der Waals surface area contributed by atoms with E-state index in [2.05, 4.69) is 20.7 Å². The van der Waals surface area contributed by atoms with Crippen molar-refractivity contribution in [3.05, 3.63) is 95.7 Å². The Morgan fingerprint density at radius 1 is 1.05 bits per heavy atom. The second kappa shape index (κ2) is 10.6. The fourth-order valence-corrected chi connectivity index (χ4v) is 4.63. The van der Waals surface area contributed by atoms with Gasteiger partial charge in [-0.25, -0.2) is 9.18 Å². The molecule has 1 fully saturated rings. The molecule has 37 heavy (non-hydrogen) atoms. The van der Waals surface area contributed by atoms with Gasteiger partial charge in [0.2, 0.25) is 0 Å². The van der Waals surface area contributed by atoms with E-state index in [1.807, 2.05) is 6.07 Å². The Labute approximate surface area is 213 Å². The number of hydrogen-bond donors (Lipinski definition) is 3. The summed E-state index contributed by atoms with van der Waals surface area (Å²) < 4.78 is 14.9. The highest BCUT2D eigenvalue weighted by molar-refractivity contribution is 6.04. The molecule has 9 heteroatoms. The molecular weight excluding hydrogens is 473 g/mol. The number of pyridine rings is 1. The molecule has 5 rings (SSSR count). The first kappa shape index (κ1) is 24.2. The Morgan fingerprint density at radius 3 is 2.62 bits per heavy atom. The highest BCUT2D eigenvalue weighted by atomic mass is 19.1. The number of phenols is 1. The maximum Gasteiger partial charge on any atom is 0.342 e. The van der Waals surface area contributed by atoms with E-state index < -0.39 is 6.03 Å². The van der Waals surface area contributed by atoms with Gasteiger partial charge in [-0.1, -0.05) is 25.0 Å². The minimum atomic E-state index is -0.419. The molecule has 0 aliphatic heterocycles. The number of aromatic hydroxyl groups is 1. The maximum atomic E-state index is 13.5. The number of anilines is 1. The van der Waals surface area contributed by atoms with Crippen molar-refractivity contribution in [2.45, 2.75) is 38.1 Å². The topological polar surface area (TPSA) is 109 Å². The Bertz CT molecular complexity index is 1430. The molecule has 0 radical (unpaired) electrons. The summed E-state index contributed by atoms with van der Waals surface area (Å²) in [6.45, 7) is 0.159. The normalized spacial score (nSPS) is 13.4. The van der Waals surface area contributed by atoms with Crippen molar-refractivity contribution < 1.29 is 19.1 Å². The van der Waals surface area contributed by atoms with Crippen LogP contribution in [0, 0.1) is 5.82 Å². The van der Waals surface area contributed by atoms with Crippen LogP contribution in [0.3, 0.4) is 0 Å². The van der Waals surface area contributed by atoms with Gasteiger partial charge < -0.3 is 15.7 Å². The summed E-state index contributed by atoms with van der Waals surface area (Å²) in [7, 11) is 0. The van der Waals surface area contributed by atoms with Crippen molar-refractivity contribution in [1.82, 2.24) is 20.1 Å². The van der Waals surface area contributed by atoms with Gasteiger partial charge in [0, 0.05) is 42.2 Å². The van der Waals surface area contributed by atoms with Crippen molar-refractivity contribution in [2.24, 2.45) is 0 Å². The molecule has 2 heterocycles. The van der Waals surface area contributed by atoms with Crippen LogP contribution in [0.5, 0.6) is 5.75 Å².